The number of hydrogen-bond donors (Lipinski definition) is 1. The number of rotatable bonds is 5. The van der Waals surface area contributed by atoms with Crippen molar-refractivity contribution < 1.29 is 23.1 Å². The lowest BCUT2D eigenvalue weighted by Gasteiger charge is -2.28. The second-order valence-corrected chi connectivity index (χ2v) is 4.36. The maximum Gasteiger partial charge on any atom is 0.389 e. The molecule has 1 N–H and O–H groups in total. The van der Waals surface area contributed by atoms with Crippen LogP contribution in [0.3, 0.4) is 0 Å². The minimum absolute atomic E-state index is 0.0166. The highest BCUT2D eigenvalue weighted by Gasteiger charge is 2.31. The molecule has 3 nitrogen and oxygen atoms in total. The first-order chi connectivity index (χ1) is 7.94. The maximum atomic E-state index is 12.0. The minimum atomic E-state index is -4.30. The van der Waals surface area contributed by atoms with Gasteiger partial charge >= 0.3 is 6.18 Å². The van der Waals surface area contributed by atoms with E-state index in [9.17, 15) is 18.0 Å². The van der Waals surface area contributed by atoms with E-state index in [1.165, 1.54) is 4.90 Å². The van der Waals surface area contributed by atoms with Crippen LogP contribution in [0.4, 0.5) is 13.2 Å². The summed E-state index contributed by atoms with van der Waals surface area (Å²) in [7, 11) is 0. The van der Waals surface area contributed by atoms with Gasteiger partial charge in [0.2, 0.25) is 5.91 Å². The topological polar surface area (TPSA) is 40.5 Å². The molecular weight excluding hydrogens is 235 g/mol. The highest BCUT2D eigenvalue weighted by Crippen LogP contribution is 2.26. The van der Waals surface area contributed by atoms with Gasteiger partial charge in [-0.3, -0.25) is 4.79 Å². The molecule has 0 spiro atoms. The molecule has 17 heavy (non-hydrogen) atoms. The fourth-order valence-electron chi connectivity index (χ4n) is 2.23. The molecule has 1 fully saturated rings. The number of halogens is 3. The van der Waals surface area contributed by atoms with E-state index in [1.807, 2.05) is 0 Å². The molecule has 0 aromatic heterocycles. The van der Waals surface area contributed by atoms with Crippen LogP contribution < -0.4 is 0 Å². The van der Waals surface area contributed by atoms with E-state index < -0.39 is 24.9 Å². The third kappa shape index (κ3) is 4.93. The van der Waals surface area contributed by atoms with Crippen molar-refractivity contribution in [3.05, 3.63) is 0 Å². The lowest BCUT2D eigenvalue weighted by atomic mass is 10.1. The molecule has 0 saturated heterocycles. The second kappa shape index (κ2) is 6.23. The smallest absolute Gasteiger partial charge is 0.389 e. The van der Waals surface area contributed by atoms with Crippen LogP contribution in [0.1, 0.15) is 38.5 Å². The van der Waals surface area contributed by atoms with Crippen molar-refractivity contribution in [1.29, 1.82) is 0 Å². The largest absolute Gasteiger partial charge is 0.395 e. The van der Waals surface area contributed by atoms with Gasteiger partial charge in [-0.2, -0.15) is 13.2 Å². The van der Waals surface area contributed by atoms with Gasteiger partial charge < -0.3 is 10.0 Å². The Morgan fingerprint density at radius 3 is 2.35 bits per heavy atom. The van der Waals surface area contributed by atoms with Crippen molar-refractivity contribution in [2.75, 3.05) is 13.2 Å². The highest BCUT2D eigenvalue weighted by molar-refractivity contribution is 5.76. The molecule has 0 unspecified atom stereocenters. The van der Waals surface area contributed by atoms with Gasteiger partial charge in [-0.05, 0) is 12.8 Å². The van der Waals surface area contributed by atoms with Gasteiger partial charge in [0, 0.05) is 19.0 Å². The third-order valence-corrected chi connectivity index (χ3v) is 3.05. The summed E-state index contributed by atoms with van der Waals surface area (Å²) in [6.45, 7) is -0.0599. The average molecular weight is 253 g/mol. The first kappa shape index (κ1) is 14.3. The quantitative estimate of drug-likeness (QED) is 0.815. The zero-order valence-electron chi connectivity index (χ0n) is 9.67. The van der Waals surface area contributed by atoms with Crippen molar-refractivity contribution in [2.24, 2.45) is 0 Å². The number of nitrogens with zero attached hydrogens (tertiary/aromatic N) is 1. The van der Waals surface area contributed by atoms with Crippen LogP contribution in [0.25, 0.3) is 0 Å². The zero-order valence-corrected chi connectivity index (χ0v) is 9.67. The number of carbonyl (C=O) groups excluding carboxylic acids is 1. The normalized spacial score (nSPS) is 17.4. The van der Waals surface area contributed by atoms with Crippen molar-refractivity contribution in [3.8, 4) is 0 Å². The van der Waals surface area contributed by atoms with Crippen LogP contribution in [0.15, 0.2) is 0 Å². The predicted molar refractivity (Wildman–Crippen MR) is 56.3 cm³/mol. The molecule has 100 valence electrons. The van der Waals surface area contributed by atoms with Gasteiger partial charge in [-0.15, -0.1) is 0 Å². The monoisotopic (exact) mass is 253 g/mol. The molecule has 0 radical (unpaired) electrons. The zero-order chi connectivity index (χ0) is 12.9. The van der Waals surface area contributed by atoms with Crippen LogP contribution in [0.2, 0.25) is 0 Å². The number of amides is 1. The van der Waals surface area contributed by atoms with Gasteiger partial charge in [0.25, 0.3) is 0 Å². The van der Waals surface area contributed by atoms with E-state index in [1.54, 1.807) is 0 Å². The van der Waals surface area contributed by atoms with Crippen LogP contribution in [0.5, 0.6) is 0 Å². The number of alkyl halides is 3. The van der Waals surface area contributed by atoms with Gasteiger partial charge in [0.1, 0.15) is 0 Å². The summed E-state index contributed by atoms with van der Waals surface area (Å²) >= 11 is 0. The molecule has 0 aromatic carbocycles. The molecular formula is C11H18F3NO2. The Bertz CT molecular complexity index is 250. The first-order valence-electron chi connectivity index (χ1n) is 5.91. The van der Waals surface area contributed by atoms with Crippen molar-refractivity contribution in [1.82, 2.24) is 4.90 Å². The maximum absolute atomic E-state index is 12.0. The predicted octanol–water partition coefficient (Wildman–Crippen LogP) is 2.09. The molecule has 0 atom stereocenters. The Balaban J connectivity index is 2.48. The van der Waals surface area contributed by atoms with Crippen LogP contribution >= 0.6 is 0 Å². The molecule has 1 rings (SSSR count). The Morgan fingerprint density at radius 1 is 1.29 bits per heavy atom. The van der Waals surface area contributed by atoms with Crippen LogP contribution in [-0.4, -0.2) is 41.3 Å². The lowest BCUT2D eigenvalue weighted by Crippen LogP contribution is -2.41. The Kier molecular flexibility index (Phi) is 5.24. The summed E-state index contributed by atoms with van der Waals surface area (Å²) in [4.78, 5) is 13.1. The Labute approximate surface area is 98.6 Å². The second-order valence-electron chi connectivity index (χ2n) is 4.36. The summed E-state index contributed by atoms with van der Waals surface area (Å²) in [5.41, 5.74) is 0. The SMILES string of the molecule is O=C(CCC(F)(F)F)N(CCO)C1CCCC1. The van der Waals surface area contributed by atoms with Crippen molar-refractivity contribution >= 4 is 5.91 Å². The number of hydrogen-bond acceptors (Lipinski definition) is 2. The van der Waals surface area contributed by atoms with E-state index in [2.05, 4.69) is 0 Å². The number of aliphatic hydroxyl groups is 1. The fourth-order valence-corrected chi connectivity index (χ4v) is 2.23. The molecule has 1 aliphatic rings. The van der Waals surface area contributed by atoms with E-state index in [-0.39, 0.29) is 19.2 Å². The fraction of sp³-hybridized carbons (Fsp3) is 0.909. The average Bonchev–Trinajstić information content (AvgIpc) is 2.74. The van der Waals surface area contributed by atoms with Gasteiger partial charge in [0.05, 0.1) is 13.0 Å². The van der Waals surface area contributed by atoms with Gasteiger partial charge in [-0.25, -0.2) is 0 Å². The van der Waals surface area contributed by atoms with Crippen molar-refractivity contribution in [2.45, 2.75) is 50.7 Å². The van der Waals surface area contributed by atoms with Crippen molar-refractivity contribution in [3.63, 3.8) is 0 Å². The van der Waals surface area contributed by atoms with Gasteiger partial charge in [0.15, 0.2) is 0 Å². The molecule has 1 aliphatic carbocycles. The van der Waals surface area contributed by atoms with E-state index in [4.69, 9.17) is 5.11 Å². The Morgan fingerprint density at radius 2 is 1.88 bits per heavy atom. The van der Waals surface area contributed by atoms with E-state index in [0.717, 1.165) is 25.7 Å². The molecule has 0 heterocycles. The standard InChI is InChI=1S/C11H18F3NO2/c12-11(13,14)6-5-10(17)15(7-8-16)9-3-1-2-4-9/h9,16H,1-8H2. The minimum Gasteiger partial charge on any atom is -0.395 e. The molecule has 0 bridgehead atoms. The summed E-state index contributed by atoms with van der Waals surface area (Å²) in [5, 5.41) is 8.86. The summed E-state index contributed by atoms with van der Waals surface area (Å²) in [6.07, 6.45) is -2.23. The summed E-state index contributed by atoms with van der Waals surface area (Å²) in [5.74, 6) is -0.497. The van der Waals surface area contributed by atoms with E-state index >= 15 is 0 Å². The van der Waals surface area contributed by atoms with Crippen LogP contribution in [-0.2, 0) is 4.79 Å². The Hall–Kier alpha value is -0.780. The highest BCUT2D eigenvalue weighted by atomic mass is 19.4. The summed E-state index contributed by atoms with van der Waals surface area (Å²) < 4.78 is 36.1. The summed E-state index contributed by atoms with van der Waals surface area (Å²) in [6, 6.07) is 0.0166. The molecule has 0 aromatic rings. The molecule has 6 heteroatoms. The van der Waals surface area contributed by atoms with Gasteiger partial charge in [-0.1, -0.05) is 12.8 Å². The third-order valence-electron chi connectivity index (χ3n) is 3.05. The molecule has 1 amide bonds. The number of carbonyl (C=O) groups is 1. The first-order valence-corrected chi connectivity index (χ1v) is 5.91. The lowest BCUT2D eigenvalue weighted by molar-refractivity contribution is -0.150. The molecule has 1 saturated carbocycles. The van der Waals surface area contributed by atoms with E-state index in [0.29, 0.717) is 0 Å². The molecule has 0 aliphatic heterocycles. The van der Waals surface area contributed by atoms with Crippen LogP contribution in [0, 0.1) is 0 Å². The number of aliphatic hydroxyl groups excluding tert-OH is 1.